The summed E-state index contributed by atoms with van der Waals surface area (Å²) in [6.45, 7) is 2.43. The Kier molecular flexibility index (Phi) is 5.76. The van der Waals surface area contributed by atoms with Crippen LogP contribution in [0.5, 0.6) is 0 Å². The summed E-state index contributed by atoms with van der Waals surface area (Å²) >= 11 is 0. The van der Waals surface area contributed by atoms with Crippen LogP contribution in [0.1, 0.15) is 26.7 Å². The van der Waals surface area contributed by atoms with Crippen LogP contribution in [-0.4, -0.2) is 25.0 Å². The number of hydrogen-bond donors (Lipinski definition) is 1. The second-order valence-electron chi connectivity index (χ2n) is 3.20. The first-order valence-electron chi connectivity index (χ1n) is 4.70. The van der Waals surface area contributed by atoms with Crippen molar-refractivity contribution < 1.29 is 18.0 Å². The van der Waals surface area contributed by atoms with Gasteiger partial charge in [-0.25, -0.2) is 0 Å². The molecular weight excluding hydrogens is 195 g/mol. The van der Waals surface area contributed by atoms with Gasteiger partial charge in [-0.2, -0.15) is 13.2 Å². The van der Waals surface area contributed by atoms with Crippen LogP contribution in [0.2, 0.25) is 0 Å². The Morgan fingerprint density at radius 2 is 1.79 bits per heavy atom. The highest BCUT2D eigenvalue weighted by Gasteiger charge is 2.27. The Morgan fingerprint density at radius 1 is 1.29 bits per heavy atom. The number of ketones is 1. The van der Waals surface area contributed by atoms with Gasteiger partial charge in [-0.15, -0.1) is 0 Å². The number of alkyl halides is 3. The van der Waals surface area contributed by atoms with E-state index in [0.29, 0.717) is 12.8 Å². The second-order valence-corrected chi connectivity index (χ2v) is 3.20. The van der Waals surface area contributed by atoms with Crippen molar-refractivity contribution in [2.75, 3.05) is 13.1 Å². The number of halogens is 3. The fraction of sp³-hybridized carbons (Fsp3) is 0.889. The van der Waals surface area contributed by atoms with E-state index in [4.69, 9.17) is 0 Å². The molecule has 0 aliphatic carbocycles. The van der Waals surface area contributed by atoms with Crippen LogP contribution in [-0.2, 0) is 4.79 Å². The Hall–Kier alpha value is -0.580. The zero-order valence-electron chi connectivity index (χ0n) is 8.45. The number of nitrogens with one attached hydrogen (secondary N) is 1. The van der Waals surface area contributed by atoms with E-state index in [2.05, 4.69) is 5.32 Å². The molecule has 84 valence electrons. The highest BCUT2D eigenvalue weighted by atomic mass is 19.4. The standard InChI is InChI=1S/C9H16F3NO/c1-3-7(4-2)8(14)5-13-6-9(10,11)12/h7,13H,3-6H2,1-2H3. The van der Waals surface area contributed by atoms with Crippen molar-refractivity contribution in [2.24, 2.45) is 5.92 Å². The van der Waals surface area contributed by atoms with E-state index < -0.39 is 12.7 Å². The van der Waals surface area contributed by atoms with Crippen molar-refractivity contribution in [3.63, 3.8) is 0 Å². The van der Waals surface area contributed by atoms with Crippen molar-refractivity contribution in [2.45, 2.75) is 32.9 Å². The summed E-state index contributed by atoms with van der Waals surface area (Å²) in [5.41, 5.74) is 0. The van der Waals surface area contributed by atoms with Gasteiger partial charge in [0.05, 0.1) is 13.1 Å². The van der Waals surface area contributed by atoms with Gasteiger partial charge in [-0.05, 0) is 12.8 Å². The lowest BCUT2D eigenvalue weighted by Crippen LogP contribution is -2.34. The molecule has 0 aliphatic heterocycles. The molecule has 0 unspecified atom stereocenters. The van der Waals surface area contributed by atoms with Crippen LogP contribution >= 0.6 is 0 Å². The second kappa shape index (κ2) is 6.01. The number of Topliss-reactive ketones (excluding diaryl/α,β-unsaturated/α-hetero) is 1. The van der Waals surface area contributed by atoms with Gasteiger partial charge in [0.25, 0.3) is 0 Å². The third-order valence-corrected chi connectivity index (χ3v) is 2.07. The number of carbonyl (C=O) groups is 1. The highest BCUT2D eigenvalue weighted by Crippen LogP contribution is 2.12. The Balaban J connectivity index is 3.74. The summed E-state index contributed by atoms with van der Waals surface area (Å²) in [5, 5.41) is 2.10. The highest BCUT2D eigenvalue weighted by molar-refractivity contribution is 5.82. The molecule has 0 spiro atoms. The van der Waals surface area contributed by atoms with Crippen molar-refractivity contribution in [1.82, 2.24) is 5.32 Å². The number of carbonyl (C=O) groups excluding carboxylic acids is 1. The zero-order chi connectivity index (χ0) is 11.2. The normalized spacial score (nSPS) is 12.1. The summed E-state index contributed by atoms with van der Waals surface area (Å²) in [5.74, 6) is -0.255. The third-order valence-electron chi connectivity index (χ3n) is 2.07. The molecule has 1 N–H and O–H groups in total. The van der Waals surface area contributed by atoms with Gasteiger partial charge < -0.3 is 5.32 Å². The third kappa shape index (κ3) is 5.96. The largest absolute Gasteiger partial charge is 0.401 e. The monoisotopic (exact) mass is 211 g/mol. The van der Waals surface area contributed by atoms with E-state index in [1.54, 1.807) is 0 Å². The molecule has 0 aromatic heterocycles. The van der Waals surface area contributed by atoms with E-state index in [0.717, 1.165) is 0 Å². The molecule has 0 aromatic carbocycles. The van der Waals surface area contributed by atoms with Crippen molar-refractivity contribution in [3.05, 3.63) is 0 Å². The summed E-state index contributed by atoms with van der Waals surface area (Å²) < 4.78 is 35.1. The number of rotatable bonds is 6. The molecule has 0 aromatic rings. The summed E-state index contributed by atoms with van der Waals surface area (Å²) in [6.07, 6.45) is -2.87. The smallest absolute Gasteiger partial charge is 0.302 e. The van der Waals surface area contributed by atoms with Gasteiger partial charge in [-0.1, -0.05) is 13.8 Å². The van der Waals surface area contributed by atoms with Gasteiger partial charge in [-0.3, -0.25) is 4.79 Å². The van der Waals surface area contributed by atoms with E-state index in [-0.39, 0.29) is 18.2 Å². The van der Waals surface area contributed by atoms with Crippen molar-refractivity contribution >= 4 is 5.78 Å². The minimum absolute atomic E-state index is 0.115. The average molecular weight is 211 g/mol. The molecule has 0 fully saturated rings. The minimum atomic E-state index is -4.24. The van der Waals surface area contributed by atoms with Crippen molar-refractivity contribution in [1.29, 1.82) is 0 Å². The maximum absolute atomic E-state index is 11.7. The van der Waals surface area contributed by atoms with Crippen LogP contribution in [0, 0.1) is 5.92 Å². The maximum Gasteiger partial charge on any atom is 0.401 e. The van der Waals surface area contributed by atoms with Crippen LogP contribution < -0.4 is 5.32 Å². The summed E-state index contributed by atoms with van der Waals surface area (Å²) in [4.78, 5) is 11.3. The number of hydrogen-bond acceptors (Lipinski definition) is 2. The van der Waals surface area contributed by atoms with Gasteiger partial charge in [0, 0.05) is 5.92 Å². The molecule has 0 aliphatic rings. The van der Waals surface area contributed by atoms with E-state index >= 15 is 0 Å². The Bertz CT molecular complexity index is 175. The molecule has 0 radical (unpaired) electrons. The molecule has 2 nitrogen and oxygen atoms in total. The van der Waals surface area contributed by atoms with Gasteiger partial charge in [0.2, 0.25) is 0 Å². The molecule has 0 amide bonds. The SMILES string of the molecule is CCC(CC)C(=O)CNCC(F)(F)F. The fourth-order valence-corrected chi connectivity index (χ4v) is 1.22. The van der Waals surface area contributed by atoms with Crippen LogP contribution in [0.4, 0.5) is 13.2 Å². The Labute approximate surface area is 81.9 Å². The first-order chi connectivity index (χ1) is 6.40. The lowest BCUT2D eigenvalue weighted by atomic mass is 9.98. The molecule has 0 bridgehead atoms. The minimum Gasteiger partial charge on any atom is -0.302 e. The molecule has 0 rings (SSSR count). The molecule has 14 heavy (non-hydrogen) atoms. The van der Waals surface area contributed by atoms with Gasteiger partial charge >= 0.3 is 6.18 Å². The van der Waals surface area contributed by atoms with Crippen LogP contribution in [0.25, 0.3) is 0 Å². The lowest BCUT2D eigenvalue weighted by Gasteiger charge is -2.12. The van der Waals surface area contributed by atoms with E-state index in [1.807, 2.05) is 13.8 Å². The molecule has 0 saturated carbocycles. The predicted molar refractivity (Wildman–Crippen MR) is 48.0 cm³/mol. The molecule has 0 saturated heterocycles. The first-order valence-corrected chi connectivity index (χ1v) is 4.70. The van der Waals surface area contributed by atoms with E-state index in [9.17, 15) is 18.0 Å². The topological polar surface area (TPSA) is 29.1 Å². The summed E-state index contributed by atoms with van der Waals surface area (Å²) in [7, 11) is 0. The van der Waals surface area contributed by atoms with Gasteiger partial charge in [0.1, 0.15) is 5.78 Å². The maximum atomic E-state index is 11.7. The van der Waals surface area contributed by atoms with E-state index in [1.165, 1.54) is 0 Å². The summed E-state index contributed by atoms with van der Waals surface area (Å²) in [6, 6.07) is 0. The average Bonchev–Trinajstić information content (AvgIpc) is 2.04. The van der Waals surface area contributed by atoms with Gasteiger partial charge in [0.15, 0.2) is 0 Å². The Morgan fingerprint density at radius 3 is 2.14 bits per heavy atom. The quantitative estimate of drug-likeness (QED) is 0.729. The van der Waals surface area contributed by atoms with Crippen molar-refractivity contribution in [3.8, 4) is 0 Å². The predicted octanol–water partition coefficient (Wildman–Crippen LogP) is 2.14. The van der Waals surface area contributed by atoms with Crippen LogP contribution in [0.15, 0.2) is 0 Å². The molecule has 0 heterocycles. The fourth-order valence-electron chi connectivity index (χ4n) is 1.22. The zero-order valence-corrected chi connectivity index (χ0v) is 8.45. The van der Waals surface area contributed by atoms with Crippen LogP contribution in [0.3, 0.4) is 0 Å². The first kappa shape index (κ1) is 13.4. The molecule has 5 heteroatoms. The lowest BCUT2D eigenvalue weighted by molar-refractivity contribution is -0.129. The molecular formula is C9H16F3NO. The molecule has 0 atom stereocenters.